The van der Waals surface area contributed by atoms with Crippen LogP contribution in [0.4, 0.5) is 10.6 Å². The fourth-order valence-electron chi connectivity index (χ4n) is 4.04. The molecular formula is C17H22N4O2. The van der Waals surface area contributed by atoms with Crippen LogP contribution in [0, 0.1) is 6.92 Å². The van der Waals surface area contributed by atoms with Crippen molar-refractivity contribution in [2.24, 2.45) is 0 Å². The lowest BCUT2D eigenvalue weighted by Gasteiger charge is -2.36. The number of hydrogen-bond donors (Lipinski definition) is 0. The second-order valence-corrected chi connectivity index (χ2v) is 6.70. The first kappa shape index (κ1) is 14.5. The second kappa shape index (κ2) is 5.51. The van der Waals surface area contributed by atoms with E-state index >= 15 is 0 Å². The van der Waals surface area contributed by atoms with Gasteiger partial charge in [0.25, 0.3) is 5.91 Å². The van der Waals surface area contributed by atoms with E-state index in [-0.39, 0.29) is 24.0 Å². The van der Waals surface area contributed by atoms with E-state index in [0.29, 0.717) is 0 Å². The normalized spacial score (nSPS) is 25.4. The number of piperidine rings is 1. The third kappa shape index (κ3) is 2.36. The van der Waals surface area contributed by atoms with Crippen molar-refractivity contribution in [2.45, 2.75) is 44.7 Å². The fourth-order valence-corrected chi connectivity index (χ4v) is 4.04. The summed E-state index contributed by atoms with van der Waals surface area (Å²) < 4.78 is 0. The fraction of sp³-hybridized carbons (Fsp3) is 0.588. The highest BCUT2D eigenvalue weighted by molar-refractivity contribution is 6.04. The van der Waals surface area contributed by atoms with Crippen molar-refractivity contribution in [1.29, 1.82) is 0 Å². The van der Waals surface area contributed by atoms with Crippen LogP contribution in [0.25, 0.3) is 0 Å². The molecule has 0 radical (unpaired) electrons. The average molecular weight is 314 g/mol. The first-order chi connectivity index (χ1) is 11.1. The molecule has 4 heterocycles. The first-order valence-corrected chi connectivity index (χ1v) is 8.47. The van der Waals surface area contributed by atoms with E-state index in [1.807, 2.05) is 25.1 Å². The number of fused-ring (bicyclic) bond motifs is 1. The monoisotopic (exact) mass is 314 g/mol. The highest BCUT2D eigenvalue weighted by atomic mass is 16.2. The molecule has 1 atom stereocenters. The lowest BCUT2D eigenvalue weighted by atomic mass is 10.0. The molecule has 1 aromatic heterocycles. The van der Waals surface area contributed by atoms with Gasteiger partial charge in [-0.05, 0) is 44.7 Å². The molecule has 0 N–H and O–H groups in total. The van der Waals surface area contributed by atoms with Gasteiger partial charge in [-0.2, -0.15) is 0 Å². The van der Waals surface area contributed by atoms with Crippen LogP contribution in [0.1, 0.15) is 31.4 Å². The van der Waals surface area contributed by atoms with Crippen LogP contribution in [0.2, 0.25) is 0 Å². The lowest BCUT2D eigenvalue weighted by molar-refractivity contribution is -0.129. The number of pyridine rings is 1. The maximum Gasteiger partial charge on any atom is 0.327 e. The Hall–Kier alpha value is -2.11. The minimum Gasteiger partial charge on any atom is -0.356 e. The molecule has 3 aliphatic heterocycles. The molecule has 0 spiro atoms. The lowest BCUT2D eigenvalue weighted by Crippen LogP contribution is -2.48. The van der Waals surface area contributed by atoms with Gasteiger partial charge in [0.05, 0.1) is 0 Å². The quantitative estimate of drug-likeness (QED) is 0.781. The summed E-state index contributed by atoms with van der Waals surface area (Å²) in [5, 5.41) is 0. The molecule has 6 nitrogen and oxygen atoms in total. The van der Waals surface area contributed by atoms with Crippen molar-refractivity contribution in [3.05, 3.63) is 23.9 Å². The van der Waals surface area contributed by atoms with Gasteiger partial charge in [0.1, 0.15) is 11.9 Å². The molecule has 6 heteroatoms. The van der Waals surface area contributed by atoms with E-state index in [9.17, 15) is 9.59 Å². The van der Waals surface area contributed by atoms with Crippen LogP contribution in [-0.4, -0.2) is 58.4 Å². The number of urea groups is 1. The van der Waals surface area contributed by atoms with E-state index < -0.39 is 0 Å². The van der Waals surface area contributed by atoms with Crippen LogP contribution in [-0.2, 0) is 4.79 Å². The second-order valence-electron chi connectivity index (χ2n) is 6.70. The summed E-state index contributed by atoms with van der Waals surface area (Å²) in [7, 11) is 0. The Bertz CT molecular complexity index is 617. The highest BCUT2D eigenvalue weighted by Crippen LogP contribution is 2.32. The predicted molar refractivity (Wildman–Crippen MR) is 86.2 cm³/mol. The Morgan fingerprint density at radius 2 is 1.87 bits per heavy atom. The number of aryl methyl sites for hydroxylation is 1. The number of rotatable bonds is 2. The smallest absolute Gasteiger partial charge is 0.327 e. The summed E-state index contributed by atoms with van der Waals surface area (Å²) in [4.78, 5) is 35.1. The molecule has 0 unspecified atom stereocenters. The van der Waals surface area contributed by atoms with Crippen LogP contribution < -0.4 is 4.90 Å². The van der Waals surface area contributed by atoms with E-state index in [2.05, 4.69) is 9.88 Å². The van der Waals surface area contributed by atoms with Gasteiger partial charge in [0.15, 0.2) is 0 Å². The third-order valence-corrected chi connectivity index (χ3v) is 5.25. The average Bonchev–Trinajstić information content (AvgIpc) is 3.12. The topological polar surface area (TPSA) is 56.8 Å². The third-order valence-electron chi connectivity index (χ3n) is 5.25. The minimum atomic E-state index is -0.182. The van der Waals surface area contributed by atoms with Crippen LogP contribution in [0.3, 0.4) is 0 Å². The zero-order chi connectivity index (χ0) is 16.0. The summed E-state index contributed by atoms with van der Waals surface area (Å²) in [5.74, 6) is 1.02. The van der Waals surface area contributed by atoms with E-state index in [1.165, 1.54) is 0 Å². The number of carbonyl (C=O) groups is 2. The Balaban J connectivity index is 1.44. The zero-order valence-electron chi connectivity index (χ0n) is 13.4. The van der Waals surface area contributed by atoms with Gasteiger partial charge in [-0.25, -0.2) is 9.78 Å². The Kier molecular flexibility index (Phi) is 3.47. The van der Waals surface area contributed by atoms with E-state index in [0.717, 1.165) is 56.8 Å². The summed E-state index contributed by atoms with van der Waals surface area (Å²) in [6.07, 6.45) is 3.43. The molecule has 3 saturated heterocycles. The number of anilines is 1. The number of amides is 3. The standard InChI is InChI=1S/C17H22N4O2/c1-12-4-2-6-15(18-12)19-10-7-13(8-11-19)21-16(22)14-5-3-9-20(14)17(21)23/h2,4,6,13-14H,3,5,7-11H2,1H3/t14-/m1/s1. The van der Waals surface area contributed by atoms with Gasteiger partial charge in [0, 0.05) is 31.4 Å². The Morgan fingerprint density at radius 1 is 1.09 bits per heavy atom. The summed E-state index contributed by atoms with van der Waals surface area (Å²) in [5.41, 5.74) is 1.01. The van der Waals surface area contributed by atoms with Crippen molar-refractivity contribution in [3.8, 4) is 0 Å². The maximum absolute atomic E-state index is 12.5. The molecule has 1 aromatic rings. The summed E-state index contributed by atoms with van der Waals surface area (Å²) in [6, 6.07) is 5.83. The van der Waals surface area contributed by atoms with Crippen LogP contribution >= 0.6 is 0 Å². The molecule has 0 aliphatic carbocycles. The van der Waals surface area contributed by atoms with Crippen molar-refractivity contribution in [1.82, 2.24) is 14.8 Å². The van der Waals surface area contributed by atoms with Crippen molar-refractivity contribution < 1.29 is 9.59 Å². The van der Waals surface area contributed by atoms with Crippen LogP contribution in [0.15, 0.2) is 18.2 Å². The zero-order valence-corrected chi connectivity index (χ0v) is 13.4. The molecule has 4 rings (SSSR count). The molecule has 0 bridgehead atoms. The molecule has 122 valence electrons. The van der Waals surface area contributed by atoms with Gasteiger partial charge in [0.2, 0.25) is 0 Å². The Morgan fingerprint density at radius 3 is 2.57 bits per heavy atom. The molecule has 23 heavy (non-hydrogen) atoms. The largest absolute Gasteiger partial charge is 0.356 e. The number of aromatic nitrogens is 1. The minimum absolute atomic E-state index is 0.0274. The van der Waals surface area contributed by atoms with Crippen molar-refractivity contribution in [2.75, 3.05) is 24.5 Å². The van der Waals surface area contributed by atoms with Gasteiger partial charge in [-0.3, -0.25) is 9.69 Å². The predicted octanol–water partition coefficient (Wildman–Crippen LogP) is 1.79. The van der Waals surface area contributed by atoms with Gasteiger partial charge in [-0.15, -0.1) is 0 Å². The van der Waals surface area contributed by atoms with Crippen molar-refractivity contribution in [3.63, 3.8) is 0 Å². The summed E-state index contributed by atoms with van der Waals surface area (Å²) >= 11 is 0. The molecular weight excluding hydrogens is 292 g/mol. The number of hydrogen-bond acceptors (Lipinski definition) is 4. The van der Waals surface area contributed by atoms with Crippen molar-refractivity contribution >= 4 is 17.8 Å². The van der Waals surface area contributed by atoms with Gasteiger partial charge < -0.3 is 9.80 Å². The molecule has 3 amide bonds. The first-order valence-electron chi connectivity index (χ1n) is 8.47. The Labute approximate surface area is 136 Å². The number of nitrogens with zero attached hydrogens (tertiary/aromatic N) is 4. The summed E-state index contributed by atoms with van der Waals surface area (Å²) in [6.45, 7) is 4.40. The van der Waals surface area contributed by atoms with Gasteiger partial charge >= 0.3 is 6.03 Å². The molecule has 3 fully saturated rings. The van der Waals surface area contributed by atoms with Crippen LogP contribution in [0.5, 0.6) is 0 Å². The van der Waals surface area contributed by atoms with E-state index in [4.69, 9.17) is 0 Å². The molecule has 3 aliphatic rings. The highest BCUT2D eigenvalue weighted by Gasteiger charge is 2.50. The molecule has 0 saturated carbocycles. The number of imide groups is 1. The number of carbonyl (C=O) groups excluding carboxylic acids is 2. The van der Waals surface area contributed by atoms with E-state index in [1.54, 1.807) is 9.80 Å². The van der Waals surface area contributed by atoms with Gasteiger partial charge in [-0.1, -0.05) is 6.07 Å². The molecule has 0 aromatic carbocycles. The maximum atomic E-state index is 12.5. The SMILES string of the molecule is Cc1cccc(N2CCC(N3C(=O)[C@H]4CCCN4C3=O)CC2)n1.